The maximum Gasteiger partial charge on any atom is 0.227 e. The molecule has 1 rings (SSSR count). The molecule has 3 N–H and O–H groups in total. The summed E-state index contributed by atoms with van der Waals surface area (Å²) in [4.78, 5) is 12.2. The highest BCUT2D eigenvalue weighted by Crippen LogP contribution is 2.36. The van der Waals surface area contributed by atoms with E-state index in [1.807, 2.05) is 18.7 Å². The Kier molecular flexibility index (Phi) is 5.12. The second-order valence-corrected chi connectivity index (χ2v) is 6.06. The van der Waals surface area contributed by atoms with Crippen molar-refractivity contribution in [2.24, 2.45) is 11.1 Å². The fraction of sp³-hybridized carbons (Fsp3) is 0.917. The van der Waals surface area contributed by atoms with Gasteiger partial charge in [-0.25, -0.2) is 0 Å². The smallest absolute Gasteiger partial charge is 0.227 e. The molecule has 0 bridgehead atoms. The zero-order valence-electron chi connectivity index (χ0n) is 10.6. The van der Waals surface area contributed by atoms with Crippen LogP contribution in [0.25, 0.3) is 0 Å². The summed E-state index contributed by atoms with van der Waals surface area (Å²) in [5, 5.41) is 3.10. The predicted molar refractivity (Wildman–Crippen MR) is 70.5 cm³/mol. The van der Waals surface area contributed by atoms with Crippen LogP contribution in [0.4, 0.5) is 0 Å². The molecule has 1 aliphatic carbocycles. The summed E-state index contributed by atoms with van der Waals surface area (Å²) in [5.74, 6) is 1.23. The van der Waals surface area contributed by atoms with E-state index < -0.39 is 0 Å². The fourth-order valence-electron chi connectivity index (χ4n) is 2.23. The van der Waals surface area contributed by atoms with E-state index in [-0.39, 0.29) is 23.4 Å². The summed E-state index contributed by atoms with van der Waals surface area (Å²) in [6, 6.07) is 0.282. The van der Waals surface area contributed by atoms with Gasteiger partial charge in [0.15, 0.2) is 0 Å². The van der Waals surface area contributed by atoms with Gasteiger partial charge in [-0.1, -0.05) is 6.42 Å². The van der Waals surface area contributed by atoms with E-state index in [4.69, 9.17) is 5.73 Å². The molecule has 0 saturated heterocycles. The Morgan fingerprint density at radius 2 is 2.38 bits per heavy atom. The van der Waals surface area contributed by atoms with Crippen molar-refractivity contribution in [1.82, 2.24) is 5.32 Å². The molecule has 4 heteroatoms. The molecule has 0 aliphatic heterocycles. The average Bonchev–Trinajstić information content (AvgIpc) is 2.57. The number of hydrogen-bond donors (Lipinski definition) is 2. The van der Waals surface area contributed by atoms with Crippen LogP contribution in [-0.2, 0) is 4.79 Å². The van der Waals surface area contributed by atoms with Crippen LogP contribution < -0.4 is 11.1 Å². The molecule has 0 aromatic heterocycles. The summed E-state index contributed by atoms with van der Waals surface area (Å²) < 4.78 is 0. The molecule has 0 spiro atoms. The molecule has 0 aromatic carbocycles. The van der Waals surface area contributed by atoms with Gasteiger partial charge >= 0.3 is 0 Å². The molecule has 3 nitrogen and oxygen atoms in total. The highest BCUT2D eigenvalue weighted by atomic mass is 32.2. The minimum atomic E-state index is -0.340. The van der Waals surface area contributed by atoms with Gasteiger partial charge in [0.2, 0.25) is 5.91 Å². The number of carbonyl (C=O) groups is 1. The third-order valence-corrected chi connectivity index (χ3v) is 4.32. The largest absolute Gasteiger partial charge is 0.353 e. The number of rotatable bonds is 5. The Labute approximate surface area is 103 Å². The Morgan fingerprint density at radius 1 is 1.69 bits per heavy atom. The van der Waals surface area contributed by atoms with Gasteiger partial charge in [0.05, 0.1) is 5.41 Å². The minimum absolute atomic E-state index is 0.0280. The standard InChI is InChI=1S/C12H24N2OS/c1-9(6-8-16-3)14-11(15)12(2)7-4-5-10(12)13/h9-10H,4-8,13H2,1-3H3,(H,14,15). The summed E-state index contributed by atoms with van der Waals surface area (Å²) >= 11 is 1.81. The first-order chi connectivity index (χ1) is 7.50. The second-order valence-electron chi connectivity index (χ2n) is 5.07. The maximum absolute atomic E-state index is 12.2. The highest BCUT2D eigenvalue weighted by molar-refractivity contribution is 7.98. The van der Waals surface area contributed by atoms with Crippen molar-refractivity contribution in [1.29, 1.82) is 0 Å². The first-order valence-corrected chi connectivity index (χ1v) is 7.45. The molecule has 16 heavy (non-hydrogen) atoms. The Bertz CT molecular complexity index is 247. The van der Waals surface area contributed by atoms with Gasteiger partial charge in [0, 0.05) is 12.1 Å². The van der Waals surface area contributed by atoms with Gasteiger partial charge in [-0.3, -0.25) is 4.79 Å². The zero-order valence-corrected chi connectivity index (χ0v) is 11.4. The summed E-state index contributed by atoms with van der Waals surface area (Å²) in [5.41, 5.74) is 5.69. The van der Waals surface area contributed by atoms with Gasteiger partial charge in [-0.2, -0.15) is 11.8 Å². The number of nitrogens with one attached hydrogen (secondary N) is 1. The molecular formula is C12H24N2OS. The van der Waals surface area contributed by atoms with Crippen LogP contribution in [0.15, 0.2) is 0 Å². The minimum Gasteiger partial charge on any atom is -0.353 e. The van der Waals surface area contributed by atoms with Gasteiger partial charge < -0.3 is 11.1 Å². The van der Waals surface area contributed by atoms with E-state index >= 15 is 0 Å². The average molecular weight is 244 g/mol. The molecule has 1 amide bonds. The first kappa shape index (κ1) is 13.8. The Balaban J connectivity index is 2.45. The van der Waals surface area contributed by atoms with Crippen molar-refractivity contribution in [3.8, 4) is 0 Å². The molecule has 0 heterocycles. The lowest BCUT2D eigenvalue weighted by Gasteiger charge is -2.29. The lowest BCUT2D eigenvalue weighted by Crippen LogP contribution is -2.49. The summed E-state index contributed by atoms with van der Waals surface area (Å²) in [6.07, 6.45) is 6.09. The van der Waals surface area contributed by atoms with Crippen LogP contribution in [0.3, 0.4) is 0 Å². The van der Waals surface area contributed by atoms with E-state index in [1.165, 1.54) is 0 Å². The van der Waals surface area contributed by atoms with E-state index in [0.29, 0.717) is 0 Å². The normalized spacial score (nSPS) is 31.4. The number of thioether (sulfide) groups is 1. The van der Waals surface area contributed by atoms with Gasteiger partial charge in [-0.05, 0) is 45.1 Å². The molecule has 0 radical (unpaired) electrons. The van der Waals surface area contributed by atoms with Crippen LogP contribution in [0, 0.1) is 5.41 Å². The van der Waals surface area contributed by atoms with Crippen LogP contribution in [0.1, 0.15) is 39.5 Å². The van der Waals surface area contributed by atoms with E-state index in [0.717, 1.165) is 31.4 Å². The second kappa shape index (κ2) is 5.92. The number of carbonyl (C=O) groups excluding carboxylic acids is 1. The van der Waals surface area contributed by atoms with Gasteiger partial charge in [0.25, 0.3) is 0 Å². The van der Waals surface area contributed by atoms with Crippen molar-refractivity contribution in [2.45, 2.75) is 51.6 Å². The van der Waals surface area contributed by atoms with E-state index in [1.54, 1.807) is 0 Å². The van der Waals surface area contributed by atoms with Gasteiger partial charge in [-0.15, -0.1) is 0 Å². The molecule has 3 unspecified atom stereocenters. The SMILES string of the molecule is CSCCC(C)NC(=O)C1(C)CCCC1N. The van der Waals surface area contributed by atoms with Crippen LogP contribution >= 0.6 is 11.8 Å². The van der Waals surface area contributed by atoms with Crippen LogP contribution in [0.5, 0.6) is 0 Å². The zero-order chi connectivity index (χ0) is 12.2. The monoisotopic (exact) mass is 244 g/mol. The number of amides is 1. The fourth-order valence-corrected chi connectivity index (χ4v) is 2.82. The summed E-state index contributed by atoms with van der Waals surface area (Å²) in [7, 11) is 0. The lowest BCUT2D eigenvalue weighted by molar-refractivity contribution is -0.131. The van der Waals surface area contributed by atoms with Crippen molar-refractivity contribution in [3.63, 3.8) is 0 Å². The molecule has 1 fully saturated rings. The topological polar surface area (TPSA) is 55.1 Å². The van der Waals surface area contributed by atoms with Crippen molar-refractivity contribution in [2.75, 3.05) is 12.0 Å². The molecule has 0 aromatic rings. The highest BCUT2D eigenvalue weighted by Gasteiger charge is 2.43. The molecule has 94 valence electrons. The molecular weight excluding hydrogens is 220 g/mol. The quantitative estimate of drug-likeness (QED) is 0.775. The van der Waals surface area contributed by atoms with E-state index in [2.05, 4.69) is 18.5 Å². The molecule has 1 aliphatic rings. The van der Waals surface area contributed by atoms with Gasteiger partial charge in [0.1, 0.15) is 0 Å². The number of hydrogen-bond acceptors (Lipinski definition) is 3. The maximum atomic E-state index is 12.2. The number of nitrogens with two attached hydrogens (primary N) is 1. The van der Waals surface area contributed by atoms with Crippen LogP contribution in [0.2, 0.25) is 0 Å². The first-order valence-electron chi connectivity index (χ1n) is 6.06. The van der Waals surface area contributed by atoms with Crippen molar-refractivity contribution in [3.05, 3.63) is 0 Å². The Morgan fingerprint density at radius 3 is 2.88 bits per heavy atom. The third-order valence-electron chi connectivity index (χ3n) is 3.68. The lowest BCUT2D eigenvalue weighted by atomic mass is 9.84. The van der Waals surface area contributed by atoms with Crippen molar-refractivity contribution < 1.29 is 4.79 Å². The predicted octanol–water partition coefficient (Wildman–Crippen LogP) is 1.76. The Hall–Kier alpha value is -0.220. The third kappa shape index (κ3) is 3.14. The molecule has 1 saturated carbocycles. The summed E-state index contributed by atoms with van der Waals surface area (Å²) in [6.45, 7) is 4.07. The van der Waals surface area contributed by atoms with Crippen molar-refractivity contribution >= 4 is 17.7 Å². The molecule has 3 atom stereocenters. The van der Waals surface area contributed by atoms with E-state index in [9.17, 15) is 4.79 Å². The van der Waals surface area contributed by atoms with Crippen LogP contribution in [-0.4, -0.2) is 30.0 Å².